The van der Waals surface area contributed by atoms with Gasteiger partial charge in [-0.05, 0) is 41.0 Å². The number of phenolic OH excluding ortho intramolecular Hbond substituents is 1. The molecule has 61 heavy (non-hydrogen) atoms. The van der Waals surface area contributed by atoms with Gasteiger partial charge in [0.05, 0.1) is 42.6 Å². The Bertz CT molecular complexity index is 2570. The molecule has 3 aromatic carbocycles. The van der Waals surface area contributed by atoms with Crippen LogP contribution in [0.2, 0.25) is 0 Å². The molecule has 2 atom stereocenters. The van der Waals surface area contributed by atoms with Crippen molar-refractivity contribution in [2.45, 2.75) is 38.3 Å². The number of fused-ring (bicyclic) bond motifs is 2. The van der Waals surface area contributed by atoms with Gasteiger partial charge in [0.2, 0.25) is 11.8 Å². The number of pyridine rings is 1. The van der Waals surface area contributed by atoms with Crippen LogP contribution in [0.25, 0.3) is 10.9 Å². The van der Waals surface area contributed by atoms with Gasteiger partial charge in [-0.25, -0.2) is 24.8 Å². The van der Waals surface area contributed by atoms with Crippen molar-refractivity contribution in [1.82, 2.24) is 44.2 Å². The van der Waals surface area contributed by atoms with Crippen molar-refractivity contribution in [2.75, 3.05) is 30.3 Å². The molecule has 2 aliphatic heterocycles. The Morgan fingerprint density at radius 2 is 1.72 bits per heavy atom. The Morgan fingerprint density at radius 1 is 0.918 bits per heavy atom. The normalized spacial score (nSPS) is 16.7. The average molecular weight is 822 g/mol. The van der Waals surface area contributed by atoms with Gasteiger partial charge in [0.25, 0.3) is 5.91 Å². The lowest BCUT2D eigenvalue weighted by molar-refractivity contribution is -0.189. The number of anilines is 2. The highest BCUT2D eigenvalue weighted by Crippen LogP contribution is 2.32. The average Bonchev–Trinajstić information content (AvgIpc) is 3.84. The van der Waals surface area contributed by atoms with E-state index in [-0.39, 0.29) is 62.6 Å². The Hall–Kier alpha value is -7.46. The molecule has 0 aliphatic carbocycles. The van der Waals surface area contributed by atoms with E-state index in [1.807, 2.05) is 78.0 Å². The van der Waals surface area contributed by atoms with E-state index in [2.05, 4.69) is 32.5 Å². The van der Waals surface area contributed by atoms with Crippen LogP contribution in [0.4, 0.5) is 16.3 Å². The van der Waals surface area contributed by atoms with E-state index in [1.54, 1.807) is 76.0 Å². The largest absolute Gasteiger partial charge is 0.508 e. The summed E-state index contributed by atoms with van der Waals surface area (Å²) in [6.45, 7) is 4.89. The number of urea groups is 1. The number of hydrogen-bond acceptors (Lipinski definition) is 9. The lowest BCUT2D eigenvalue weighted by Gasteiger charge is -2.55. The summed E-state index contributed by atoms with van der Waals surface area (Å²) in [4.78, 5) is 68.8. The summed E-state index contributed by atoms with van der Waals surface area (Å²) in [6.07, 6.45) is 7.91. The molecule has 16 nitrogen and oxygen atoms in total. The number of piperazine rings is 1. The van der Waals surface area contributed by atoms with Gasteiger partial charge in [-0.3, -0.25) is 14.4 Å². The second kappa shape index (κ2) is 17.4. The number of rotatable bonds is 13. The quantitative estimate of drug-likeness (QED) is 0.121. The standard InChI is InChI=1S/C45H47N11O5/c1-4-20-54-29-41(58)55-37(22-30-13-16-34(57)17-14-30)44(60)53(28-40(55)56(54)45(61)49-23-31-9-6-5-7-10-31)26-32-11-8-12-35-36(27-52(3)42(32)35)43(59)50-33-15-18-38(47-24-33)48-25-39-46-19-21-51(39)2/h4-19,21,24,27,37,40,57H,1,20,22-23,25-26,28-29H2,2-3H3,(H,47,48)(H,49,61)(H,50,59). The van der Waals surface area contributed by atoms with Gasteiger partial charge in [0.15, 0.2) is 0 Å². The Morgan fingerprint density at radius 3 is 2.44 bits per heavy atom. The molecule has 2 aliphatic rings. The van der Waals surface area contributed by atoms with Gasteiger partial charge >= 0.3 is 6.03 Å². The highest BCUT2D eigenvalue weighted by molar-refractivity contribution is 6.13. The molecule has 2 unspecified atom stereocenters. The van der Waals surface area contributed by atoms with Crippen molar-refractivity contribution in [3.05, 3.63) is 150 Å². The molecule has 2 fully saturated rings. The summed E-state index contributed by atoms with van der Waals surface area (Å²) < 4.78 is 3.79. The molecule has 0 saturated carbocycles. The molecule has 3 aromatic heterocycles. The summed E-state index contributed by atoms with van der Waals surface area (Å²) in [5, 5.41) is 23.1. The molecule has 16 heteroatoms. The second-order valence-corrected chi connectivity index (χ2v) is 15.2. The first-order chi connectivity index (χ1) is 29.6. The predicted octanol–water partition coefficient (Wildman–Crippen LogP) is 4.61. The number of hydrogen-bond donors (Lipinski definition) is 4. The summed E-state index contributed by atoms with van der Waals surface area (Å²) >= 11 is 0. The molecule has 0 radical (unpaired) electrons. The van der Waals surface area contributed by atoms with Crippen LogP contribution in [0.1, 0.15) is 32.9 Å². The molecule has 312 valence electrons. The van der Waals surface area contributed by atoms with E-state index in [4.69, 9.17) is 0 Å². The topological polar surface area (TPSA) is 173 Å². The third-order valence-electron chi connectivity index (χ3n) is 11.1. The number of aryl methyl sites for hydroxylation is 2. The van der Waals surface area contributed by atoms with Crippen LogP contribution in [-0.4, -0.2) is 99.6 Å². The van der Waals surface area contributed by atoms with Crippen LogP contribution in [0.15, 0.2) is 122 Å². The van der Waals surface area contributed by atoms with E-state index in [0.717, 1.165) is 28.0 Å². The zero-order valence-electron chi connectivity index (χ0n) is 33.9. The fraction of sp³-hybridized carbons (Fsp3) is 0.244. The number of benzene rings is 3. The fourth-order valence-corrected chi connectivity index (χ4v) is 8.13. The first-order valence-corrected chi connectivity index (χ1v) is 20.0. The van der Waals surface area contributed by atoms with E-state index in [0.29, 0.717) is 29.0 Å². The SMILES string of the molecule is C=CCN1CC(=O)N2C(Cc3ccc(O)cc3)C(=O)N(Cc3cccc4c(C(=O)Nc5ccc(NCc6nccn6C)nc5)cn(C)c34)CC2N1C(=O)NCc1ccccc1. The predicted molar refractivity (Wildman–Crippen MR) is 230 cm³/mol. The minimum absolute atomic E-state index is 0.0246. The van der Waals surface area contributed by atoms with Crippen molar-refractivity contribution in [3.8, 4) is 5.75 Å². The molecule has 5 amide bonds. The number of carbonyl (C=O) groups excluding carboxylic acids is 4. The molecule has 0 bridgehead atoms. The van der Waals surface area contributed by atoms with Gasteiger partial charge in [0.1, 0.15) is 29.6 Å². The highest BCUT2D eigenvalue weighted by Gasteiger charge is 2.51. The van der Waals surface area contributed by atoms with Crippen molar-refractivity contribution in [1.29, 1.82) is 0 Å². The Labute approximate surface area is 352 Å². The van der Waals surface area contributed by atoms with E-state index in [1.165, 1.54) is 4.90 Å². The molecule has 2 saturated heterocycles. The highest BCUT2D eigenvalue weighted by atomic mass is 16.3. The number of carbonyl (C=O) groups is 4. The molecule has 5 heterocycles. The molecular weight excluding hydrogens is 775 g/mol. The van der Waals surface area contributed by atoms with Crippen molar-refractivity contribution in [2.24, 2.45) is 14.1 Å². The van der Waals surface area contributed by atoms with Crippen LogP contribution in [-0.2, 0) is 49.7 Å². The first-order valence-electron chi connectivity index (χ1n) is 20.0. The number of nitrogens with one attached hydrogen (secondary N) is 3. The van der Waals surface area contributed by atoms with Crippen LogP contribution >= 0.6 is 0 Å². The maximum atomic E-state index is 14.7. The van der Waals surface area contributed by atoms with E-state index < -0.39 is 18.2 Å². The number of aromatic nitrogens is 4. The molecule has 6 aromatic rings. The minimum Gasteiger partial charge on any atom is -0.508 e. The molecule has 4 N–H and O–H groups in total. The zero-order valence-corrected chi connectivity index (χ0v) is 33.9. The summed E-state index contributed by atoms with van der Waals surface area (Å²) in [7, 11) is 3.77. The zero-order chi connectivity index (χ0) is 42.6. The molecule has 0 spiro atoms. The van der Waals surface area contributed by atoms with Crippen molar-refractivity contribution < 1.29 is 24.3 Å². The minimum atomic E-state index is -0.954. The number of amides is 5. The molecule has 8 rings (SSSR count). The van der Waals surface area contributed by atoms with Gasteiger partial charge in [-0.2, -0.15) is 0 Å². The fourth-order valence-electron chi connectivity index (χ4n) is 8.13. The number of nitrogens with zero attached hydrogens (tertiary/aromatic N) is 8. The van der Waals surface area contributed by atoms with Crippen molar-refractivity contribution in [3.63, 3.8) is 0 Å². The van der Waals surface area contributed by atoms with E-state index >= 15 is 0 Å². The number of aromatic hydroxyl groups is 1. The smallest absolute Gasteiger partial charge is 0.334 e. The van der Waals surface area contributed by atoms with Crippen LogP contribution in [0, 0.1) is 0 Å². The number of hydrazine groups is 1. The Balaban J connectivity index is 1.07. The van der Waals surface area contributed by atoms with Gasteiger partial charge in [-0.1, -0.05) is 66.7 Å². The monoisotopic (exact) mass is 821 g/mol. The third kappa shape index (κ3) is 8.52. The van der Waals surface area contributed by atoms with Crippen molar-refractivity contribution >= 4 is 46.2 Å². The lowest BCUT2D eigenvalue weighted by Crippen LogP contribution is -2.76. The third-order valence-corrected chi connectivity index (χ3v) is 11.1. The maximum absolute atomic E-state index is 14.7. The van der Waals surface area contributed by atoms with E-state index in [9.17, 15) is 24.3 Å². The van der Waals surface area contributed by atoms with Crippen LogP contribution < -0.4 is 16.0 Å². The summed E-state index contributed by atoms with van der Waals surface area (Å²) in [6, 6.07) is 23.9. The number of para-hydroxylation sites is 1. The maximum Gasteiger partial charge on any atom is 0.334 e. The summed E-state index contributed by atoms with van der Waals surface area (Å²) in [5.74, 6) is 0.681. The van der Waals surface area contributed by atoms with Gasteiger partial charge in [-0.15, -0.1) is 6.58 Å². The van der Waals surface area contributed by atoms with Crippen LogP contribution in [0.3, 0.4) is 0 Å². The van der Waals surface area contributed by atoms with Gasteiger partial charge in [0, 0.05) is 64.1 Å². The number of phenols is 1. The van der Waals surface area contributed by atoms with Crippen LogP contribution in [0.5, 0.6) is 5.75 Å². The Kier molecular flexibility index (Phi) is 11.5. The lowest BCUT2D eigenvalue weighted by atomic mass is 9.98. The molecular formula is C45H47N11O5. The number of imidazole rings is 1. The van der Waals surface area contributed by atoms with Gasteiger partial charge < -0.3 is 40.0 Å². The first kappa shape index (κ1) is 40.3. The summed E-state index contributed by atoms with van der Waals surface area (Å²) in [5.41, 5.74) is 4.15. The second-order valence-electron chi connectivity index (χ2n) is 15.2.